The molecule has 9 heteroatoms. The van der Waals surface area contributed by atoms with Crippen LogP contribution in [0.2, 0.25) is 0 Å². The van der Waals surface area contributed by atoms with Crippen LogP contribution in [-0.2, 0) is 6.61 Å². The summed E-state index contributed by atoms with van der Waals surface area (Å²) in [6.45, 7) is 0.284. The number of carbonyl (C=O) groups excluding carboxylic acids is 1. The van der Waals surface area contributed by atoms with Crippen LogP contribution in [-0.4, -0.2) is 37.4 Å². The first kappa shape index (κ1) is 23.8. The van der Waals surface area contributed by atoms with Crippen molar-refractivity contribution in [3.63, 3.8) is 0 Å². The Morgan fingerprint density at radius 1 is 0.970 bits per heavy atom. The second-order valence-electron chi connectivity index (χ2n) is 6.78. The van der Waals surface area contributed by atoms with Gasteiger partial charge < -0.3 is 19.3 Å². The van der Waals surface area contributed by atoms with Crippen LogP contribution in [0.15, 0.2) is 70.2 Å². The molecule has 0 aliphatic heterocycles. The number of amides is 1. The number of nitrogens with zero attached hydrogens (tertiary/aromatic N) is 1. The fourth-order valence-corrected chi connectivity index (χ4v) is 3.30. The minimum absolute atomic E-state index is 0.223. The maximum Gasteiger partial charge on any atom is 0.335 e. The van der Waals surface area contributed by atoms with Crippen molar-refractivity contribution in [2.45, 2.75) is 6.61 Å². The standard InChI is InChI=1S/C24H21BrN2O6/c1-31-19-10-18(11-20(12-19)32-2)23(28)27-26-13-16-5-8-22(21(25)9-16)33-14-15-3-6-17(7-4-15)24(29)30/h3-13H,14H2,1-2H3,(H,27,28)(H,29,30)/b26-13-. The van der Waals surface area contributed by atoms with Crippen molar-refractivity contribution in [1.29, 1.82) is 0 Å². The average molecular weight is 513 g/mol. The first-order valence-electron chi connectivity index (χ1n) is 9.70. The summed E-state index contributed by atoms with van der Waals surface area (Å²) in [6.07, 6.45) is 1.51. The lowest BCUT2D eigenvalue weighted by atomic mass is 10.1. The van der Waals surface area contributed by atoms with Crippen LogP contribution in [0.5, 0.6) is 17.2 Å². The van der Waals surface area contributed by atoms with Gasteiger partial charge in [0.15, 0.2) is 0 Å². The summed E-state index contributed by atoms with van der Waals surface area (Å²) in [5.74, 6) is 0.238. The normalized spacial score (nSPS) is 10.6. The van der Waals surface area contributed by atoms with Gasteiger partial charge >= 0.3 is 5.97 Å². The van der Waals surface area contributed by atoms with Gasteiger partial charge in [-0.15, -0.1) is 0 Å². The first-order valence-corrected chi connectivity index (χ1v) is 10.5. The van der Waals surface area contributed by atoms with E-state index in [1.807, 2.05) is 0 Å². The van der Waals surface area contributed by atoms with Gasteiger partial charge in [0, 0.05) is 11.6 Å². The molecule has 33 heavy (non-hydrogen) atoms. The Morgan fingerprint density at radius 2 is 1.64 bits per heavy atom. The Balaban J connectivity index is 1.59. The van der Waals surface area contributed by atoms with Crippen molar-refractivity contribution in [2.75, 3.05) is 14.2 Å². The van der Waals surface area contributed by atoms with Crippen LogP contribution in [0.1, 0.15) is 31.8 Å². The van der Waals surface area contributed by atoms with E-state index in [-0.39, 0.29) is 12.2 Å². The van der Waals surface area contributed by atoms with Crippen LogP contribution in [0.25, 0.3) is 0 Å². The molecule has 170 valence electrons. The second kappa shape index (κ2) is 11.1. The monoisotopic (exact) mass is 512 g/mol. The number of hydrogen-bond acceptors (Lipinski definition) is 6. The molecule has 3 aromatic rings. The number of carboxylic acid groups (broad SMARTS) is 1. The average Bonchev–Trinajstić information content (AvgIpc) is 2.83. The molecule has 3 aromatic carbocycles. The lowest BCUT2D eigenvalue weighted by Gasteiger charge is -2.09. The van der Waals surface area contributed by atoms with Gasteiger partial charge in [-0.3, -0.25) is 4.79 Å². The molecule has 8 nitrogen and oxygen atoms in total. The van der Waals surface area contributed by atoms with Gasteiger partial charge in [0.05, 0.1) is 30.5 Å². The van der Waals surface area contributed by atoms with Crippen LogP contribution in [0.3, 0.4) is 0 Å². The van der Waals surface area contributed by atoms with Gasteiger partial charge in [-0.25, -0.2) is 10.2 Å². The van der Waals surface area contributed by atoms with Gasteiger partial charge in [0.25, 0.3) is 5.91 Å². The molecule has 0 unspecified atom stereocenters. The summed E-state index contributed by atoms with van der Waals surface area (Å²) in [4.78, 5) is 23.3. The molecule has 3 rings (SSSR count). The van der Waals surface area contributed by atoms with E-state index in [1.165, 1.54) is 32.6 Å². The van der Waals surface area contributed by atoms with Gasteiger partial charge in [-0.1, -0.05) is 12.1 Å². The number of methoxy groups -OCH3 is 2. The number of carbonyl (C=O) groups is 2. The Labute approximate surface area is 198 Å². The third kappa shape index (κ3) is 6.56. The summed E-state index contributed by atoms with van der Waals surface area (Å²) in [5, 5.41) is 13.0. The van der Waals surface area contributed by atoms with E-state index < -0.39 is 11.9 Å². The number of aromatic carboxylic acids is 1. The molecule has 2 N–H and O–H groups in total. The molecule has 0 atom stereocenters. The molecule has 0 aliphatic rings. The quantitative estimate of drug-likeness (QED) is 0.322. The number of carboxylic acids is 1. The Bertz CT molecular complexity index is 1160. The number of hydrogen-bond donors (Lipinski definition) is 2. The van der Waals surface area contributed by atoms with Crippen LogP contribution in [0, 0.1) is 0 Å². The highest BCUT2D eigenvalue weighted by molar-refractivity contribution is 9.10. The van der Waals surface area contributed by atoms with E-state index in [0.29, 0.717) is 27.3 Å². The van der Waals surface area contributed by atoms with Gasteiger partial charge in [0.2, 0.25) is 0 Å². The number of benzene rings is 3. The Kier molecular flexibility index (Phi) is 8.04. The lowest BCUT2D eigenvalue weighted by molar-refractivity contribution is 0.0696. The Morgan fingerprint density at radius 3 is 2.21 bits per heavy atom. The van der Waals surface area contributed by atoms with Gasteiger partial charge in [-0.2, -0.15) is 5.10 Å². The van der Waals surface area contributed by atoms with Crippen molar-refractivity contribution in [1.82, 2.24) is 5.43 Å². The molecular formula is C24H21BrN2O6. The molecule has 0 saturated heterocycles. The van der Waals surface area contributed by atoms with Crippen molar-refractivity contribution < 1.29 is 28.9 Å². The maximum absolute atomic E-state index is 12.4. The highest BCUT2D eigenvalue weighted by Crippen LogP contribution is 2.26. The zero-order chi connectivity index (χ0) is 23.8. The largest absolute Gasteiger partial charge is 0.497 e. The molecule has 0 radical (unpaired) electrons. The Hall–Kier alpha value is -3.85. The zero-order valence-corrected chi connectivity index (χ0v) is 19.5. The summed E-state index contributed by atoms with van der Waals surface area (Å²) in [6, 6.07) is 16.7. The third-order valence-corrected chi connectivity index (χ3v) is 5.16. The molecular weight excluding hydrogens is 492 g/mol. The molecule has 1 amide bonds. The molecule has 0 heterocycles. The second-order valence-corrected chi connectivity index (χ2v) is 7.64. The lowest BCUT2D eigenvalue weighted by Crippen LogP contribution is -2.17. The smallest absolute Gasteiger partial charge is 0.335 e. The molecule has 0 bridgehead atoms. The minimum atomic E-state index is -0.970. The van der Waals surface area contributed by atoms with E-state index in [4.69, 9.17) is 19.3 Å². The first-order chi connectivity index (χ1) is 15.9. The van der Waals surface area contributed by atoms with Crippen LogP contribution in [0.4, 0.5) is 0 Å². The van der Waals surface area contributed by atoms with E-state index in [2.05, 4.69) is 26.5 Å². The number of ether oxygens (including phenoxy) is 3. The maximum atomic E-state index is 12.4. The van der Waals surface area contributed by atoms with Crippen LogP contribution < -0.4 is 19.6 Å². The summed E-state index contributed by atoms with van der Waals surface area (Å²) in [7, 11) is 3.02. The van der Waals surface area contributed by atoms with E-state index in [0.717, 1.165) is 11.1 Å². The van der Waals surface area contributed by atoms with Crippen molar-refractivity contribution in [3.05, 3.63) is 87.4 Å². The molecule has 0 aliphatic carbocycles. The van der Waals surface area contributed by atoms with E-state index >= 15 is 0 Å². The molecule has 0 spiro atoms. The van der Waals surface area contributed by atoms with Crippen molar-refractivity contribution in [3.8, 4) is 17.2 Å². The highest BCUT2D eigenvalue weighted by Gasteiger charge is 2.09. The fraction of sp³-hybridized carbons (Fsp3) is 0.125. The van der Waals surface area contributed by atoms with E-state index in [1.54, 1.807) is 48.5 Å². The SMILES string of the molecule is COc1cc(OC)cc(C(=O)N/N=C\c2ccc(OCc3ccc(C(=O)O)cc3)c(Br)c2)c1. The molecule has 0 fully saturated rings. The van der Waals surface area contributed by atoms with Crippen molar-refractivity contribution in [2.24, 2.45) is 5.10 Å². The van der Waals surface area contributed by atoms with E-state index in [9.17, 15) is 9.59 Å². The number of halogens is 1. The summed E-state index contributed by atoms with van der Waals surface area (Å²) in [5.41, 5.74) is 4.63. The topological polar surface area (TPSA) is 106 Å². The predicted molar refractivity (Wildman–Crippen MR) is 126 cm³/mol. The zero-order valence-electron chi connectivity index (χ0n) is 17.9. The predicted octanol–water partition coefficient (Wildman–Crippen LogP) is 4.51. The summed E-state index contributed by atoms with van der Waals surface area (Å²) >= 11 is 3.46. The fourth-order valence-electron chi connectivity index (χ4n) is 2.79. The highest BCUT2D eigenvalue weighted by atomic mass is 79.9. The van der Waals surface area contributed by atoms with Gasteiger partial charge in [0.1, 0.15) is 23.9 Å². The molecule has 0 aromatic heterocycles. The van der Waals surface area contributed by atoms with Crippen LogP contribution >= 0.6 is 15.9 Å². The summed E-state index contributed by atoms with van der Waals surface area (Å²) < 4.78 is 16.8. The number of rotatable bonds is 9. The van der Waals surface area contributed by atoms with Gasteiger partial charge in [-0.05, 0) is 69.5 Å². The number of nitrogens with one attached hydrogen (secondary N) is 1. The minimum Gasteiger partial charge on any atom is -0.497 e. The number of hydrazone groups is 1. The van der Waals surface area contributed by atoms with Crippen molar-refractivity contribution >= 4 is 34.0 Å². The third-order valence-electron chi connectivity index (χ3n) is 4.54. The molecule has 0 saturated carbocycles.